The Bertz CT molecular complexity index is 1240. The predicted octanol–water partition coefficient (Wildman–Crippen LogP) is 5.62. The van der Waals surface area contributed by atoms with Crippen molar-refractivity contribution in [2.45, 2.75) is 13.8 Å². The minimum atomic E-state index is -0.851. The van der Waals surface area contributed by atoms with Crippen molar-refractivity contribution in [2.75, 3.05) is 11.9 Å². The van der Waals surface area contributed by atoms with Crippen molar-refractivity contribution < 1.29 is 24.2 Å². The van der Waals surface area contributed by atoms with Gasteiger partial charge in [-0.05, 0) is 31.5 Å². The average molecular weight is 490 g/mol. The second kappa shape index (κ2) is 9.76. The highest BCUT2D eigenvalue weighted by atomic mass is 35.5. The number of halogens is 1. The lowest BCUT2D eigenvalue weighted by Gasteiger charge is -2.09. The first kappa shape index (κ1) is 23.8. The van der Waals surface area contributed by atoms with E-state index in [9.17, 15) is 29.8 Å². The van der Waals surface area contributed by atoms with Gasteiger partial charge in [0.05, 0.1) is 28.1 Å². The molecular weight excluding hydrogens is 474 g/mol. The number of esters is 1. The van der Waals surface area contributed by atoms with E-state index in [1.165, 1.54) is 0 Å². The van der Waals surface area contributed by atoms with Crippen molar-refractivity contribution in [3.05, 3.63) is 83.7 Å². The van der Waals surface area contributed by atoms with Crippen molar-refractivity contribution in [3.63, 3.8) is 0 Å². The van der Waals surface area contributed by atoms with Gasteiger partial charge in [0.2, 0.25) is 0 Å². The molecule has 2 aromatic carbocycles. The molecule has 1 aromatic heterocycles. The van der Waals surface area contributed by atoms with Crippen LogP contribution in [0.15, 0.2) is 42.5 Å². The van der Waals surface area contributed by atoms with E-state index >= 15 is 0 Å². The fourth-order valence-corrected chi connectivity index (χ4v) is 4.29. The van der Waals surface area contributed by atoms with Crippen LogP contribution >= 0.6 is 22.9 Å². The number of nitro groups is 2. The van der Waals surface area contributed by atoms with E-state index in [4.69, 9.17) is 16.3 Å². The maximum atomic E-state index is 12.9. The molecule has 0 spiro atoms. The highest BCUT2D eigenvalue weighted by Gasteiger charge is 2.27. The number of rotatable bonds is 7. The quantitative estimate of drug-likeness (QED) is 0.257. The maximum Gasteiger partial charge on any atom is 0.341 e. The Morgan fingerprint density at radius 3 is 2.15 bits per heavy atom. The molecule has 0 radical (unpaired) electrons. The third kappa shape index (κ3) is 5.16. The number of carbonyl (C=O) groups is 2. The summed E-state index contributed by atoms with van der Waals surface area (Å²) in [6.07, 6.45) is 0. The summed E-state index contributed by atoms with van der Waals surface area (Å²) in [5.74, 6) is -1.52. The largest absolute Gasteiger partial charge is 0.462 e. The summed E-state index contributed by atoms with van der Waals surface area (Å²) in [5, 5.41) is 25.5. The summed E-state index contributed by atoms with van der Waals surface area (Å²) < 4.78 is 5.17. The Morgan fingerprint density at radius 1 is 1.06 bits per heavy atom. The number of nitrogens with one attached hydrogen (secondary N) is 1. The SMILES string of the molecule is CCOC(=O)c1c(NC(=O)c2cc([N+](=O)[O-])cc([N+](=O)[O-])c2)sc(C)c1-c1ccc(Cl)cc1. The van der Waals surface area contributed by atoms with Gasteiger partial charge in [0, 0.05) is 27.6 Å². The van der Waals surface area contributed by atoms with Gasteiger partial charge < -0.3 is 10.1 Å². The van der Waals surface area contributed by atoms with Gasteiger partial charge in [-0.2, -0.15) is 0 Å². The van der Waals surface area contributed by atoms with Crippen LogP contribution in [0.1, 0.15) is 32.5 Å². The summed E-state index contributed by atoms with van der Waals surface area (Å²) >= 11 is 7.07. The minimum Gasteiger partial charge on any atom is -0.462 e. The van der Waals surface area contributed by atoms with Gasteiger partial charge in [0.25, 0.3) is 17.3 Å². The van der Waals surface area contributed by atoms with Crippen LogP contribution < -0.4 is 5.32 Å². The van der Waals surface area contributed by atoms with Crippen molar-refractivity contribution in [3.8, 4) is 11.1 Å². The smallest absolute Gasteiger partial charge is 0.341 e. The Kier molecular flexibility index (Phi) is 7.04. The zero-order chi connectivity index (χ0) is 24.3. The number of nitro benzene ring substituents is 2. The number of hydrogen-bond donors (Lipinski definition) is 1. The standard InChI is InChI=1S/C21H16ClN3O7S/c1-3-32-21(27)18-17(12-4-6-14(22)7-5-12)11(2)33-20(18)23-19(26)13-8-15(24(28)29)10-16(9-13)25(30)31/h4-10H,3H2,1-2H3,(H,23,26). The monoisotopic (exact) mass is 489 g/mol. The third-order valence-electron chi connectivity index (χ3n) is 4.51. The number of carbonyl (C=O) groups excluding carboxylic acids is 2. The number of hydrogen-bond acceptors (Lipinski definition) is 8. The number of thiophene rings is 1. The number of benzene rings is 2. The maximum absolute atomic E-state index is 12.9. The summed E-state index contributed by atoms with van der Waals surface area (Å²) in [4.78, 5) is 47.0. The molecule has 33 heavy (non-hydrogen) atoms. The van der Waals surface area contributed by atoms with Crippen molar-refractivity contribution in [2.24, 2.45) is 0 Å². The molecule has 170 valence electrons. The zero-order valence-electron chi connectivity index (χ0n) is 17.3. The molecule has 3 rings (SSSR count). The summed E-state index contributed by atoms with van der Waals surface area (Å²) in [5.41, 5.74) is -0.203. The molecule has 1 N–H and O–H groups in total. The fraction of sp³-hybridized carbons (Fsp3) is 0.143. The van der Waals surface area contributed by atoms with Crippen molar-refractivity contribution in [1.82, 2.24) is 0 Å². The lowest BCUT2D eigenvalue weighted by atomic mass is 10.0. The molecular formula is C21H16ClN3O7S. The molecule has 3 aromatic rings. The molecule has 0 bridgehead atoms. The van der Waals surface area contributed by atoms with Crippen LogP contribution in [0.25, 0.3) is 11.1 Å². The van der Waals surface area contributed by atoms with Crippen LogP contribution in [0.5, 0.6) is 0 Å². The van der Waals surface area contributed by atoms with Gasteiger partial charge in [0.15, 0.2) is 0 Å². The van der Waals surface area contributed by atoms with E-state index in [1.807, 2.05) is 0 Å². The van der Waals surface area contributed by atoms with Crippen LogP contribution in [0.4, 0.5) is 16.4 Å². The van der Waals surface area contributed by atoms with E-state index in [0.29, 0.717) is 21.0 Å². The Balaban J connectivity index is 2.08. The molecule has 1 amide bonds. The first-order valence-electron chi connectivity index (χ1n) is 9.44. The van der Waals surface area contributed by atoms with Crippen LogP contribution in [-0.2, 0) is 4.74 Å². The number of amides is 1. The topological polar surface area (TPSA) is 142 Å². The Hall–Kier alpha value is -3.83. The van der Waals surface area contributed by atoms with Crippen molar-refractivity contribution in [1.29, 1.82) is 0 Å². The van der Waals surface area contributed by atoms with E-state index in [2.05, 4.69) is 5.32 Å². The number of anilines is 1. The fourth-order valence-electron chi connectivity index (χ4n) is 3.11. The van der Waals surface area contributed by atoms with Gasteiger partial charge in [-0.1, -0.05) is 23.7 Å². The van der Waals surface area contributed by atoms with Crippen LogP contribution in [0.2, 0.25) is 5.02 Å². The highest BCUT2D eigenvalue weighted by molar-refractivity contribution is 7.17. The normalized spacial score (nSPS) is 10.5. The second-order valence-electron chi connectivity index (χ2n) is 6.67. The Morgan fingerprint density at radius 2 is 1.64 bits per heavy atom. The summed E-state index contributed by atoms with van der Waals surface area (Å²) in [6.45, 7) is 3.49. The second-order valence-corrected chi connectivity index (χ2v) is 8.33. The molecule has 0 unspecified atom stereocenters. The molecule has 0 saturated carbocycles. The summed E-state index contributed by atoms with van der Waals surface area (Å²) in [7, 11) is 0. The van der Waals surface area contributed by atoms with Gasteiger partial charge in [0.1, 0.15) is 10.6 Å². The lowest BCUT2D eigenvalue weighted by Crippen LogP contribution is -2.15. The third-order valence-corrected chi connectivity index (χ3v) is 5.78. The molecule has 0 atom stereocenters. The minimum absolute atomic E-state index is 0.0955. The van der Waals surface area contributed by atoms with E-state index in [-0.39, 0.29) is 22.7 Å². The van der Waals surface area contributed by atoms with Gasteiger partial charge >= 0.3 is 5.97 Å². The highest BCUT2D eigenvalue weighted by Crippen LogP contribution is 2.41. The molecule has 0 aliphatic carbocycles. The van der Waals surface area contributed by atoms with E-state index in [0.717, 1.165) is 29.5 Å². The lowest BCUT2D eigenvalue weighted by molar-refractivity contribution is -0.394. The predicted molar refractivity (Wildman–Crippen MR) is 123 cm³/mol. The van der Waals surface area contributed by atoms with Crippen molar-refractivity contribution >= 4 is 51.2 Å². The molecule has 10 nitrogen and oxygen atoms in total. The molecule has 1 heterocycles. The van der Waals surface area contributed by atoms with Crippen LogP contribution in [-0.4, -0.2) is 28.3 Å². The van der Waals surface area contributed by atoms with E-state index in [1.54, 1.807) is 38.1 Å². The molecule has 12 heteroatoms. The molecule has 0 saturated heterocycles. The number of nitrogens with zero attached hydrogens (tertiary/aromatic N) is 2. The molecule has 0 aliphatic heterocycles. The average Bonchev–Trinajstić information content (AvgIpc) is 3.09. The van der Waals surface area contributed by atoms with Crippen LogP contribution in [0, 0.1) is 27.2 Å². The van der Waals surface area contributed by atoms with Gasteiger partial charge in [-0.15, -0.1) is 11.3 Å². The first-order valence-corrected chi connectivity index (χ1v) is 10.6. The number of aryl methyl sites for hydroxylation is 1. The number of ether oxygens (including phenoxy) is 1. The van der Waals surface area contributed by atoms with Crippen LogP contribution in [0.3, 0.4) is 0 Å². The Labute approximate surface area is 196 Å². The molecule has 0 aliphatic rings. The molecule has 0 fully saturated rings. The zero-order valence-corrected chi connectivity index (χ0v) is 18.9. The summed E-state index contributed by atoms with van der Waals surface area (Å²) in [6, 6.07) is 9.35. The first-order chi connectivity index (χ1) is 15.6. The number of non-ortho nitro benzene ring substituents is 2. The van der Waals surface area contributed by atoms with Gasteiger partial charge in [-0.3, -0.25) is 25.0 Å². The van der Waals surface area contributed by atoms with E-state index < -0.39 is 33.1 Å². The van der Waals surface area contributed by atoms with Gasteiger partial charge in [-0.25, -0.2) is 4.79 Å².